The van der Waals surface area contributed by atoms with E-state index in [1.54, 1.807) is 11.0 Å². The smallest absolute Gasteiger partial charge is 0.233 e. The van der Waals surface area contributed by atoms with Crippen LogP contribution < -0.4 is 5.32 Å². The third-order valence-electron chi connectivity index (χ3n) is 3.38. The van der Waals surface area contributed by atoms with Crippen LogP contribution in [0.4, 0.5) is 10.1 Å². The van der Waals surface area contributed by atoms with Gasteiger partial charge in [-0.25, -0.2) is 4.39 Å². The van der Waals surface area contributed by atoms with Crippen molar-refractivity contribution < 1.29 is 14.0 Å². The lowest BCUT2D eigenvalue weighted by Crippen LogP contribution is -2.34. The Bertz CT molecular complexity index is 483. The van der Waals surface area contributed by atoms with E-state index in [0.717, 1.165) is 38.8 Å². The Morgan fingerprint density at radius 3 is 2.50 bits per heavy atom. The maximum atomic E-state index is 13.0. The van der Waals surface area contributed by atoms with E-state index in [9.17, 15) is 14.0 Å². The topological polar surface area (TPSA) is 49.4 Å². The molecule has 1 aromatic carbocycles. The van der Waals surface area contributed by atoms with Crippen LogP contribution in [0.25, 0.3) is 0 Å². The van der Waals surface area contributed by atoms with E-state index in [1.807, 2.05) is 0 Å². The fourth-order valence-corrected chi connectivity index (χ4v) is 2.34. The standard InChI is InChI=1S/C15H19FN2O2/c16-12-6-5-7-13(10-12)17-14(19)11-15(20)18-8-3-1-2-4-9-18/h5-7,10H,1-4,8-9,11H2,(H,17,19). The predicted molar refractivity (Wildman–Crippen MR) is 74.7 cm³/mol. The zero-order chi connectivity index (χ0) is 14.4. The Kier molecular flexibility index (Phi) is 5.09. The summed E-state index contributed by atoms with van der Waals surface area (Å²) in [5.41, 5.74) is 0.374. The lowest BCUT2D eigenvalue weighted by molar-refractivity contribution is -0.134. The molecule has 0 saturated carbocycles. The number of nitrogens with one attached hydrogen (secondary N) is 1. The van der Waals surface area contributed by atoms with Crippen molar-refractivity contribution in [2.45, 2.75) is 32.1 Å². The van der Waals surface area contributed by atoms with Gasteiger partial charge in [-0.05, 0) is 31.0 Å². The van der Waals surface area contributed by atoms with Gasteiger partial charge in [0.1, 0.15) is 12.2 Å². The molecular formula is C15H19FN2O2. The molecule has 1 fully saturated rings. The van der Waals surface area contributed by atoms with E-state index >= 15 is 0 Å². The predicted octanol–water partition coefficient (Wildman–Crippen LogP) is 2.56. The molecule has 0 unspecified atom stereocenters. The Hall–Kier alpha value is -1.91. The van der Waals surface area contributed by atoms with Gasteiger partial charge in [0.2, 0.25) is 11.8 Å². The van der Waals surface area contributed by atoms with Crippen LogP contribution in [0.5, 0.6) is 0 Å². The number of carbonyl (C=O) groups is 2. The van der Waals surface area contributed by atoms with E-state index in [-0.39, 0.29) is 12.3 Å². The molecule has 20 heavy (non-hydrogen) atoms. The van der Waals surface area contributed by atoms with Crippen LogP contribution in [0.15, 0.2) is 24.3 Å². The fraction of sp³-hybridized carbons (Fsp3) is 0.467. The summed E-state index contributed by atoms with van der Waals surface area (Å²) in [6.07, 6.45) is 4.09. The zero-order valence-electron chi connectivity index (χ0n) is 11.4. The van der Waals surface area contributed by atoms with Gasteiger partial charge < -0.3 is 10.2 Å². The minimum atomic E-state index is -0.415. The second-order valence-corrected chi connectivity index (χ2v) is 5.03. The maximum absolute atomic E-state index is 13.0. The molecule has 1 heterocycles. The normalized spacial score (nSPS) is 15.6. The molecule has 2 rings (SSSR count). The number of nitrogens with zero attached hydrogens (tertiary/aromatic N) is 1. The summed E-state index contributed by atoms with van der Waals surface area (Å²) in [4.78, 5) is 25.5. The molecule has 108 valence electrons. The first-order chi connectivity index (χ1) is 9.65. The Morgan fingerprint density at radius 1 is 1.15 bits per heavy atom. The van der Waals surface area contributed by atoms with E-state index < -0.39 is 11.7 Å². The van der Waals surface area contributed by atoms with E-state index in [4.69, 9.17) is 0 Å². The van der Waals surface area contributed by atoms with Crippen molar-refractivity contribution >= 4 is 17.5 Å². The lowest BCUT2D eigenvalue weighted by atomic mass is 10.2. The average molecular weight is 278 g/mol. The maximum Gasteiger partial charge on any atom is 0.233 e. The minimum absolute atomic E-state index is 0.152. The Labute approximate surface area is 118 Å². The summed E-state index contributed by atoms with van der Waals surface area (Å²) in [5, 5.41) is 2.54. The second kappa shape index (κ2) is 7.03. The molecule has 1 aliphatic heterocycles. The van der Waals surface area contributed by atoms with Crippen LogP contribution in [0, 0.1) is 5.82 Å². The number of rotatable bonds is 3. The highest BCUT2D eigenvalue weighted by Crippen LogP contribution is 2.12. The largest absolute Gasteiger partial charge is 0.342 e. The highest BCUT2D eigenvalue weighted by Gasteiger charge is 2.18. The van der Waals surface area contributed by atoms with Crippen molar-refractivity contribution in [3.8, 4) is 0 Å². The fourth-order valence-electron chi connectivity index (χ4n) is 2.34. The third-order valence-corrected chi connectivity index (χ3v) is 3.38. The monoisotopic (exact) mass is 278 g/mol. The van der Waals surface area contributed by atoms with Crippen molar-refractivity contribution in [2.75, 3.05) is 18.4 Å². The number of hydrogen-bond acceptors (Lipinski definition) is 2. The molecule has 0 radical (unpaired) electrons. The first-order valence-electron chi connectivity index (χ1n) is 6.98. The van der Waals surface area contributed by atoms with Crippen molar-refractivity contribution in [3.05, 3.63) is 30.1 Å². The molecule has 1 N–H and O–H groups in total. The highest BCUT2D eigenvalue weighted by molar-refractivity contribution is 6.03. The van der Waals surface area contributed by atoms with Crippen LogP contribution in [0.2, 0.25) is 0 Å². The van der Waals surface area contributed by atoms with Gasteiger partial charge in [-0.1, -0.05) is 18.9 Å². The molecule has 5 heteroatoms. The first kappa shape index (κ1) is 14.5. The minimum Gasteiger partial charge on any atom is -0.342 e. The molecule has 4 nitrogen and oxygen atoms in total. The van der Waals surface area contributed by atoms with E-state index in [2.05, 4.69) is 5.32 Å². The number of halogens is 1. The van der Waals surface area contributed by atoms with Crippen molar-refractivity contribution in [1.82, 2.24) is 4.90 Å². The number of amides is 2. The van der Waals surface area contributed by atoms with Gasteiger partial charge >= 0.3 is 0 Å². The summed E-state index contributed by atoms with van der Waals surface area (Å²) in [5.74, 6) is -0.965. The van der Waals surface area contributed by atoms with Gasteiger partial charge in [0.05, 0.1) is 0 Å². The average Bonchev–Trinajstić information content (AvgIpc) is 2.67. The molecule has 0 bridgehead atoms. The first-order valence-corrected chi connectivity index (χ1v) is 6.98. The molecule has 1 aliphatic rings. The van der Waals surface area contributed by atoms with Gasteiger partial charge in [0.15, 0.2) is 0 Å². The number of hydrogen-bond donors (Lipinski definition) is 1. The van der Waals surface area contributed by atoms with E-state index in [1.165, 1.54) is 18.2 Å². The van der Waals surface area contributed by atoms with Crippen LogP contribution in [-0.4, -0.2) is 29.8 Å². The number of benzene rings is 1. The SMILES string of the molecule is O=C(CC(=O)N1CCCCCC1)Nc1cccc(F)c1. The third kappa shape index (κ3) is 4.33. The molecule has 1 aromatic rings. The van der Waals surface area contributed by atoms with E-state index in [0.29, 0.717) is 5.69 Å². The van der Waals surface area contributed by atoms with Crippen LogP contribution in [0.1, 0.15) is 32.1 Å². The summed E-state index contributed by atoms with van der Waals surface area (Å²) >= 11 is 0. The second-order valence-electron chi connectivity index (χ2n) is 5.03. The molecule has 0 spiro atoms. The number of anilines is 1. The lowest BCUT2D eigenvalue weighted by Gasteiger charge is -2.19. The Morgan fingerprint density at radius 2 is 1.85 bits per heavy atom. The molecule has 0 aromatic heterocycles. The number of carbonyl (C=O) groups excluding carboxylic acids is 2. The van der Waals surface area contributed by atoms with Gasteiger partial charge in [-0.2, -0.15) is 0 Å². The Balaban J connectivity index is 1.85. The van der Waals surface area contributed by atoms with Crippen molar-refractivity contribution in [2.24, 2.45) is 0 Å². The molecule has 0 aliphatic carbocycles. The van der Waals surface area contributed by atoms with Crippen LogP contribution in [-0.2, 0) is 9.59 Å². The van der Waals surface area contributed by atoms with Crippen molar-refractivity contribution in [3.63, 3.8) is 0 Å². The van der Waals surface area contributed by atoms with Gasteiger partial charge in [-0.15, -0.1) is 0 Å². The summed E-state index contributed by atoms with van der Waals surface area (Å²) < 4.78 is 13.0. The van der Waals surface area contributed by atoms with Gasteiger partial charge in [0, 0.05) is 18.8 Å². The highest BCUT2D eigenvalue weighted by atomic mass is 19.1. The quantitative estimate of drug-likeness (QED) is 0.864. The van der Waals surface area contributed by atoms with Crippen LogP contribution in [0.3, 0.4) is 0 Å². The number of likely N-dealkylation sites (tertiary alicyclic amines) is 1. The molecule has 0 atom stereocenters. The van der Waals surface area contributed by atoms with Gasteiger partial charge in [0.25, 0.3) is 0 Å². The van der Waals surface area contributed by atoms with Gasteiger partial charge in [-0.3, -0.25) is 9.59 Å². The zero-order valence-corrected chi connectivity index (χ0v) is 11.4. The summed E-state index contributed by atoms with van der Waals surface area (Å²) in [6, 6.07) is 5.64. The molecule has 2 amide bonds. The summed E-state index contributed by atoms with van der Waals surface area (Å²) in [6.45, 7) is 1.46. The van der Waals surface area contributed by atoms with Crippen molar-refractivity contribution in [1.29, 1.82) is 0 Å². The molecule has 1 saturated heterocycles. The molecular weight excluding hydrogens is 259 g/mol. The van der Waals surface area contributed by atoms with Crippen LogP contribution >= 0.6 is 0 Å². The summed E-state index contributed by atoms with van der Waals surface area (Å²) in [7, 11) is 0.